The molecule has 0 bridgehead atoms. The Morgan fingerprint density at radius 3 is 3.06 bits per heavy atom. The maximum Gasteiger partial charge on any atom is 0.136 e. The van der Waals surface area contributed by atoms with Crippen LogP contribution in [0.25, 0.3) is 0 Å². The highest BCUT2D eigenvalue weighted by Crippen LogP contribution is 2.21. The summed E-state index contributed by atoms with van der Waals surface area (Å²) < 4.78 is 0. The number of thiophene rings is 1. The van der Waals surface area contributed by atoms with Crippen LogP contribution in [0.3, 0.4) is 0 Å². The maximum atomic E-state index is 8.88. The number of hydrogen-bond donors (Lipinski definition) is 2. The molecule has 6 heteroatoms. The van der Waals surface area contributed by atoms with Gasteiger partial charge in [-0.15, -0.1) is 11.3 Å². The van der Waals surface area contributed by atoms with Crippen molar-refractivity contribution in [3.63, 3.8) is 0 Å². The van der Waals surface area contributed by atoms with Gasteiger partial charge in [0.25, 0.3) is 0 Å². The lowest BCUT2D eigenvalue weighted by atomic mass is 10.4. The average Bonchev–Trinajstić information content (AvgIpc) is 2.82. The Morgan fingerprint density at radius 2 is 2.35 bits per heavy atom. The van der Waals surface area contributed by atoms with E-state index in [0.717, 1.165) is 16.6 Å². The van der Waals surface area contributed by atoms with E-state index in [4.69, 9.17) is 5.11 Å². The van der Waals surface area contributed by atoms with Gasteiger partial charge in [0, 0.05) is 19.7 Å². The number of rotatable bonds is 5. The maximum absolute atomic E-state index is 8.88. The number of nitrogens with zero attached hydrogens (tertiary/aromatic N) is 3. The van der Waals surface area contributed by atoms with Gasteiger partial charge in [0.2, 0.25) is 0 Å². The lowest BCUT2D eigenvalue weighted by Crippen LogP contribution is -2.22. The summed E-state index contributed by atoms with van der Waals surface area (Å²) in [5.41, 5.74) is 0. The zero-order valence-corrected chi connectivity index (χ0v) is 10.3. The summed E-state index contributed by atoms with van der Waals surface area (Å²) in [5, 5.41) is 15.1. The van der Waals surface area contributed by atoms with E-state index in [0.29, 0.717) is 6.54 Å². The molecule has 2 aromatic rings. The molecule has 2 N–H and O–H groups in total. The summed E-state index contributed by atoms with van der Waals surface area (Å²) in [6, 6.07) is 5.83. The Balaban J connectivity index is 2.11. The second kappa shape index (κ2) is 5.60. The Bertz CT molecular complexity index is 460. The zero-order valence-electron chi connectivity index (χ0n) is 9.50. The Hall–Kier alpha value is -1.66. The largest absolute Gasteiger partial charge is 0.395 e. The van der Waals surface area contributed by atoms with Crippen LogP contribution < -0.4 is 10.2 Å². The van der Waals surface area contributed by atoms with Gasteiger partial charge in [0.1, 0.15) is 18.0 Å². The number of nitrogens with one attached hydrogen (secondary N) is 1. The van der Waals surface area contributed by atoms with Gasteiger partial charge < -0.3 is 15.3 Å². The Kier molecular flexibility index (Phi) is 3.89. The monoisotopic (exact) mass is 250 g/mol. The van der Waals surface area contributed by atoms with Gasteiger partial charge in [0.15, 0.2) is 0 Å². The van der Waals surface area contributed by atoms with Crippen LogP contribution in [0.15, 0.2) is 29.9 Å². The van der Waals surface area contributed by atoms with Gasteiger partial charge >= 0.3 is 0 Å². The molecule has 17 heavy (non-hydrogen) atoms. The van der Waals surface area contributed by atoms with Crippen LogP contribution >= 0.6 is 11.3 Å². The van der Waals surface area contributed by atoms with E-state index >= 15 is 0 Å². The van der Waals surface area contributed by atoms with Crippen molar-refractivity contribution in [1.82, 2.24) is 9.97 Å². The molecule has 2 heterocycles. The van der Waals surface area contributed by atoms with Crippen LogP contribution in [0.2, 0.25) is 0 Å². The highest BCUT2D eigenvalue weighted by Gasteiger charge is 2.04. The molecular formula is C11H14N4OS. The molecule has 0 radical (unpaired) electrons. The number of aliphatic hydroxyl groups excluding tert-OH is 1. The second-order valence-electron chi connectivity index (χ2n) is 3.51. The SMILES string of the molecule is CN(CCO)c1cc(Nc2cccs2)ncn1. The third-order valence-corrected chi connectivity index (χ3v) is 3.04. The number of hydrogen-bond acceptors (Lipinski definition) is 6. The molecule has 0 atom stereocenters. The standard InChI is InChI=1S/C11H14N4OS/c1-15(4-5-16)10-7-9(12-8-13-10)14-11-3-2-6-17-11/h2-3,6-8,16H,4-5H2,1H3,(H,12,13,14). The molecule has 0 unspecified atom stereocenters. The third-order valence-electron chi connectivity index (χ3n) is 2.25. The van der Waals surface area contributed by atoms with Crippen LogP contribution in [-0.2, 0) is 0 Å². The van der Waals surface area contributed by atoms with E-state index in [1.807, 2.05) is 35.5 Å². The lowest BCUT2D eigenvalue weighted by molar-refractivity contribution is 0.304. The highest BCUT2D eigenvalue weighted by atomic mass is 32.1. The Morgan fingerprint density at radius 1 is 1.47 bits per heavy atom. The third kappa shape index (κ3) is 3.15. The molecule has 90 valence electrons. The van der Waals surface area contributed by atoms with Crippen molar-refractivity contribution in [2.24, 2.45) is 0 Å². The quantitative estimate of drug-likeness (QED) is 0.846. The van der Waals surface area contributed by atoms with E-state index in [2.05, 4.69) is 15.3 Å². The van der Waals surface area contributed by atoms with Gasteiger partial charge in [-0.05, 0) is 17.5 Å². The minimum atomic E-state index is 0.105. The van der Waals surface area contributed by atoms with E-state index in [1.165, 1.54) is 6.33 Å². The summed E-state index contributed by atoms with van der Waals surface area (Å²) in [6.45, 7) is 0.656. The van der Waals surface area contributed by atoms with E-state index in [1.54, 1.807) is 11.3 Å². The van der Waals surface area contributed by atoms with E-state index in [9.17, 15) is 0 Å². The van der Waals surface area contributed by atoms with Crippen LogP contribution in [0.5, 0.6) is 0 Å². The first kappa shape index (κ1) is 11.8. The van der Waals surface area contributed by atoms with E-state index in [-0.39, 0.29) is 6.61 Å². The Labute approximate surface area is 104 Å². The summed E-state index contributed by atoms with van der Waals surface area (Å²) >= 11 is 1.62. The first-order valence-corrected chi connectivity index (χ1v) is 6.12. The van der Waals surface area contributed by atoms with Gasteiger partial charge in [-0.3, -0.25) is 0 Å². The molecule has 0 spiro atoms. The van der Waals surface area contributed by atoms with Gasteiger partial charge in [-0.1, -0.05) is 0 Å². The molecule has 0 aromatic carbocycles. The molecular weight excluding hydrogens is 236 g/mol. The average molecular weight is 250 g/mol. The van der Waals surface area contributed by atoms with Crippen molar-refractivity contribution in [2.45, 2.75) is 0 Å². The van der Waals surface area contributed by atoms with Gasteiger partial charge in [0.05, 0.1) is 11.6 Å². The molecule has 0 fully saturated rings. The van der Waals surface area contributed by atoms with Crippen molar-refractivity contribution in [1.29, 1.82) is 0 Å². The van der Waals surface area contributed by atoms with Crippen LogP contribution in [0, 0.1) is 0 Å². The number of likely N-dealkylation sites (N-methyl/N-ethyl adjacent to an activating group) is 1. The molecule has 0 aliphatic rings. The zero-order chi connectivity index (χ0) is 12.1. The first-order chi connectivity index (χ1) is 8.29. The lowest BCUT2D eigenvalue weighted by Gasteiger charge is -2.16. The van der Waals surface area contributed by atoms with Crippen LogP contribution in [-0.4, -0.2) is 35.3 Å². The fraction of sp³-hybridized carbons (Fsp3) is 0.273. The normalized spacial score (nSPS) is 10.2. The van der Waals surface area contributed by atoms with Crippen molar-refractivity contribution in [3.05, 3.63) is 29.9 Å². The predicted octanol–water partition coefficient (Wildman–Crippen LogP) is 1.71. The molecule has 0 aliphatic carbocycles. The predicted molar refractivity (Wildman–Crippen MR) is 70.0 cm³/mol. The molecule has 5 nitrogen and oxygen atoms in total. The van der Waals surface area contributed by atoms with Gasteiger partial charge in [-0.2, -0.15) is 0 Å². The first-order valence-electron chi connectivity index (χ1n) is 5.24. The summed E-state index contributed by atoms with van der Waals surface area (Å²) in [7, 11) is 1.88. The molecule has 0 saturated heterocycles. The second-order valence-corrected chi connectivity index (χ2v) is 4.46. The van der Waals surface area contributed by atoms with Crippen molar-refractivity contribution >= 4 is 28.0 Å². The van der Waals surface area contributed by atoms with Crippen molar-refractivity contribution < 1.29 is 5.11 Å². The summed E-state index contributed by atoms with van der Waals surface area (Å²) in [4.78, 5) is 10.2. The molecule has 0 amide bonds. The van der Waals surface area contributed by atoms with Crippen LogP contribution in [0.1, 0.15) is 0 Å². The number of aliphatic hydroxyl groups is 1. The van der Waals surface area contributed by atoms with Crippen LogP contribution in [0.4, 0.5) is 16.6 Å². The number of aromatic nitrogens is 2. The summed E-state index contributed by atoms with van der Waals surface area (Å²) in [5.74, 6) is 1.54. The smallest absolute Gasteiger partial charge is 0.136 e. The molecule has 0 aliphatic heterocycles. The fourth-order valence-corrected chi connectivity index (χ4v) is 1.99. The highest BCUT2D eigenvalue weighted by molar-refractivity contribution is 7.14. The molecule has 0 saturated carbocycles. The minimum Gasteiger partial charge on any atom is -0.395 e. The fourth-order valence-electron chi connectivity index (χ4n) is 1.36. The molecule has 2 aromatic heterocycles. The number of anilines is 3. The van der Waals surface area contributed by atoms with Crippen molar-refractivity contribution in [3.8, 4) is 0 Å². The summed E-state index contributed by atoms with van der Waals surface area (Å²) in [6.07, 6.45) is 1.51. The topological polar surface area (TPSA) is 61.3 Å². The van der Waals surface area contributed by atoms with Gasteiger partial charge in [-0.25, -0.2) is 9.97 Å². The van der Waals surface area contributed by atoms with Crippen molar-refractivity contribution in [2.75, 3.05) is 30.4 Å². The minimum absolute atomic E-state index is 0.105. The molecule has 2 rings (SSSR count). The van der Waals surface area contributed by atoms with E-state index < -0.39 is 0 Å².